The maximum Gasteiger partial charge on any atom is 0.272 e. The topological polar surface area (TPSA) is 114 Å². The van der Waals surface area contributed by atoms with Crippen LogP contribution in [0.25, 0.3) is 0 Å². The van der Waals surface area contributed by atoms with Crippen LogP contribution in [0.2, 0.25) is 0 Å². The number of nitrogens with zero attached hydrogens (tertiary/aromatic N) is 2. The van der Waals surface area contributed by atoms with Crippen molar-refractivity contribution in [3.05, 3.63) is 34.1 Å². The van der Waals surface area contributed by atoms with Crippen LogP contribution in [0.4, 0.5) is 5.69 Å². The molecule has 2 atom stereocenters. The van der Waals surface area contributed by atoms with Crippen molar-refractivity contribution in [1.29, 1.82) is 0 Å². The zero-order valence-electron chi connectivity index (χ0n) is 9.52. The molecule has 0 radical (unpaired) electrons. The Morgan fingerprint density at radius 3 is 2.83 bits per heavy atom. The van der Waals surface area contributed by atoms with E-state index in [1.54, 1.807) is 0 Å². The summed E-state index contributed by atoms with van der Waals surface area (Å²) in [7, 11) is 0. The van der Waals surface area contributed by atoms with E-state index < -0.39 is 17.1 Å². The molecule has 0 aliphatic carbocycles. The first kappa shape index (κ1) is 14.6. The van der Waals surface area contributed by atoms with Gasteiger partial charge >= 0.3 is 0 Å². The second kappa shape index (κ2) is 6.43. The van der Waals surface area contributed by atoms with Crippen molar-refractivity contribution in [2.24, 2.45) is 0 Å². The molecule has 98 valence electrons. The Morgan fingerprint density at radius 1 is 1.61 bits per heavy atom. The smallest absolute Gasteiger partial charge is 0.272 e. The molecular formula is C10H12N2O5S. The Balaban J connectivity index is 2.76. The molecule has 1 heterocycles. The van der Waals surface area contributed by atoms with Gasteiger partial charge in [0.05, 0.1) is 16.7 Å². The van der Waals surface area contributed by atoms with Crippen LogP contribution in [0.1, 0.15) is 18.7 Å². The SMILES string of the molecule is CC(=O)SCC(O)C(O)c1cc([N+](=O)[O-])ccn1. The van der Waals surface area contributed by atoms with Crippen molar-refractivity contribution < 1.29 is 19.9 Å². The van der Waals surface area contributed by atoms with E-state index in [1.165, 1.54) is 19.2 Å². The number of pyridine rings is 1. The highest BCUT2D eigenvalue weighted by Gasteiger charge is 2.22. The first-order valence-electron chi connectivity index (χ1n) is 5.01. The van der Waals surface area contributed by atoms with E-state index in [-0.39, 0.29) is 22.2 Å². The van der Waals surface area contributed by atoms with Crippen molar-refractivity contribution in [2.75, 3.05) is 5.75 Å². The van der Waals surface area contributed by atoms with E-state index in [0.29, 0.717) is 0 Å². The summed E-state index contributed by atoms with van der Waals surface area (Å²) in [6, 6.07) is 2.28. The lowest BCUT2D eigenvalue weighted by molar-refractivity contribution is -0.385. The summed E-state index contributed by atoms with van der Waals surface area (Å²) in [5, 5.41) is 29.7. The molecule has 1 aromatic rings. The molecule has 1 aromatic heterocycles. The molecule has 0 spiro atoms. The fourth-order valence-electron chi connectivity index (χ4n) is 1.20. The Kier molecular flexibility index (Phi) is 5.20. The molecular weight excluding hydrogens is 260 g/mol. The lowest BCUT2D eigenvalue weighted by atomic mass is 10.1. The average Bonchev–Trinajstić information content (AvgIpc) is 2.35. The number of thioether (sulfide) groups is 1. The maximum absolute atomic E-state index is 10.7. The molecule has 7 nitrogen and oxygen atoms in total. The number of hydrogen-bond donors (Lipinski definition) is 2. The second-order valence-electron chi connectivity index (χ2n) is 3.51. The third kappa shape index (κ3) is 4.06. The van der Waals surface area contributed by atoms with Gasteiger partial charge in [-0.05, 0) is 0 Å². The monoisotopic (exact) mass is 272 g/mol. The summed E-state index contributed by atoms with van der Waals surface area (Å²) < 4.78 is 0. The molecule has 0 fully saturated rings. The fraction of sp³-hybridized carbons (Fsp3) is 0.400. The molecule has 8 heteroatoms. The Morgan fingerprint density at radius 2 is 2.28 bits per heavy atom. The number of carbonyl (C=O) groups is 1. The van der Waals surface area contributed by atoms with Crippen LogP contribution in [0.3, 0.4) is 0 Å². The zero-order chi connectivity index (χ0) is 13.7. The third-order valence-electron chi connectivity index (χ3n) is 2.10. The van der Waals surface area contributed by atoms with E-state index in [9.17, 15) is 25.1 Å². The van der Waals surface area contributed by atoms with Gasteiger partial charge in [0, 0.05) is 31.0 Å². The number of hydrogen-bond acceptors (Lipinski definition) is 7. The summed E-state index contributed by atoms with van der Waals surface area (Å²) in [4.78, 5) is 24.4. The second-order valence-corrected chi connectivity index (χ2v) is 4.71. The summed E-state index contributed by atoms with van der Waals surface area (Å²) >= 11 is 0.862. The predicted molar refractivity (Wildman–Crippen MR) is 65.0 cm³/mol. The fourth-order valence-corrected chi connectivity index (χ4v) is 1.79. The van der Waals surface area contributed by atoms with Gasteiger partial charge in [-0.3, -0.25) is 19.9 Å². The van der Waals surface area contributed by atoms with E-state index in [0.717, 1.165) is 17.8 Å². The minimum Gasteiger partial charge on any atom is -0.389 e. The van der Waals surface area contributed by atoms with Crippen molar-refractivity contribution in [3.63, 3.8) is 0 Å². The van der Waals surface area contributed by atoms with E-state index >= 15 is 0 Å². The van der Waals surface area contributed by atoms with Crippen LogP contribution < -0.4 is 0 Å². The standard InChI is InChI=1S/C10H12N2O5S/c1-6(13)18-5-9(14)10(15)8-4-7(12(16)17)2-3-11-8/h2-4,9-10,14-15H,5H2,1H3. The third-order valence-corrected chi connectivity index (χ3v) is 3.02. The molecule has 2 unspecified atom stereocenters. The molecule has 18 heavy (non-hydrogen) atoms. The lowest BCUT2D eigenvalue weighted by Crippen LogP contribution is -2.22. The van der Waals surface area contributed by atoms with Crippen molar-refractivity contribution in [1.82, 2.24) is 4.98 Å². The number of aliphatic hydroxyl groups is 2. The van der Waals surface area contributed by atoms with Gasteiger partial charge in [-0.1, -0.05) is 11.8 Å². The minimum atomic E-state index is -1.36. The quantitative estimate of drug-likeness (QED) is 0.598. The number of rotatable bonds is 5. The van der Waals surface area contributed by atoms with Crippen LogP contribution >= 0.6 is 11.8 Å². The highest BCUT2D eigenvalue weighted by atomic mass is 32.2. The molecule has 0 saturated carbocycles. The van der Waals surface area contributed by atoms with Crippen LogP contribution in [0.5, 0.6) is 0 Å². The van der Waals surface area contributed by atoms with Crippen molar-refractivity contribution in [3.8, 4) is 0 Å². The summed E-state index contributed by atoms with van der Waals surface area (Å²) in [6.45, 7) is 1.34. The van der Waals surface area contributed by atoms with Gasteiger partial charge in [-0.25, -0.2) is 0 Å². The first-order valence-corrected chi connectivity index (χ1v) is 6.00. The Bertz CT molecular complexity index is 454. The average molecular weight is 272 g/mol. The van der Waals surface area contributed by atoms with E-state index in [4.69, 9.17) is 0 Å². The van der Waals surface area contributed by atoms with Crippen LogP contribution in [0.15, 0.2) is 18.3 Å². The van der Waals surface area contributed by atoms with Crippen LogP contribution in [0, 0.1) is 10.1 Å². The minimum absolute atomic E-state index is 0.000789. The highest BCUT2D eigenvalue weighted by Crippen LogP contribution is 2.21. The molecule has 0 saturated heterocycles. The first-order chi connectivity index (χ1) is 8.41. The molecule has 0 aliphatic rings. The molecule has 0 aromatic carbocycles. The summed E-state index contributed by atoms with van der Waals surface area (Å²) in [5.41, 5.74) is -0.216. The highest BCUT2D eigenvalue weighted by molar-refractivity contribution is 8.13. The summed E-state index contributed by atoms with van der Waals surface area (Å²) in [5.74, 6) is 0.000865. The molecule has 0 bridgehead atoms. The molecule has 2 N–H and O–H groups in total. The van der Waals surface area contributed by atoms with E-state index in [1.807, 2.05) is 0 Å². The normalized spacial score (nSPS) is 13.9. The Hall–Kier alpha value is -1.51. The van der Waals surface area contributed by atoms with Gasteiger partial charge in [0.2, 0.25) is 0 Å². The molecule has 1 rings (SSSR count). The number of carbonyl (C=O) groups excluding carboxylic acids is 1. The number of aliphatic hydroxyl groups excluding tert-OH is 2. The number of nitro groups is 1. The van der Waals surface area contributed by atoms with Crippen molar-refractivity contribution >= 4 is 22.6 Å². The van der Waals surface area contributed by atoms with Gasteiger partial charge in [-0.15, -0.1) is 0 Å². The van der Waals surface area contributed by atoms with Gasteiger partial charge in [0.1, 0.15) is 6.10 Å². The van der Waals surface area contributed by atoms with Gasteiger partial charge in [0.25, 0.3) is 5.69 Å². The molecule has 0 amide bonds. The summed E-state index contributed by atoms with van der Waals surface area (Å²) in [6.07, 6.45) is -1.40. The van der Waals surface area contributed by atoms with Gasteiger partial charge in [-0.2, -0.15) is 0 Å². The number of aromatic nitrogens is 1. The lowest BCUT2D eigenvalue weighted by Gasteiger charge is -2.15. The van der Waals surface area contributed by atoms with Gasteiger partial charge < -0.3 is 10.2 Å². The molecule has 0 aliphatic heterocycles. The Labute approximate surface area is 107 Å². The van der Waals surface area contributed by atoms with Crippen LogP contribution in [-0.4, -0.2) is 37.1 Å². The van der Waals surface area contributed by atoms with Crippen molar-refractivity contribution in [2.45, 2.75) is 19.1 Å². The van der Waals surface area contributed by atoms with E-state index in [2.05, 4.69) is 4.98 Å². The van der Waals surface area contributed by atoms with Crippen LogP contribution in [-0.2, 0) is 4.79 Å². The van der Waals surface area contributed by atoms with Gasteiger partial charge in [0.15, 0.2) is 5.12 Å². The predicted octanol–water partition coefficient (Wildman–Crippen LogP) is 0.664. The zero-order valence-corrected chi connectivity index (χ0v) is 10.3. The maximum atomic E-state index is 10.7. The largest absolute Gasteiger partial charge is 0.389 e.